The number of benzene rings is 1. The van der Waals surface area contributed by atoms with Crippen LogP contribution in [0, 0.1) is 13.8 Å². The number of rotatable bonds is 7. The maximum Gasteiger partial charge on any atom is 0.262 e. The number of hydrogen-bond acceptors (Lipinski definition) is 6. The summed E-state index contributed by atoms with van der Waals surface area (Å²) in [5.74, 6) is -0.197. The molecule has 0 saturated carbocycles. The molecule has 0 spiro atoms. The van der Waals surface area contributed by atoms with Crippen molar-refractivity contribution in [3.05, 3.63) is 41.6 Å². The summed E-state index contributed by atoms with van der Waals surface area (Å²) in [6.45, 7) is 3.67. The summed E-state index contributed by atoms with van der Waals surface area (Å²) < 4.78 is 12.0. The monoisotopic (exact) mass is 397 g/mol. The molecular weight excluding hydrogens is 374 g/mol. The summed E-state index contributed by atoms with van der Waals surface area (Å²) in [5.41, 5.74) is 3.79. The lowest BCUT2D eigenvalue weighted by Gasteiger charge is -2.08. The molecule has 2 amide bonds. The minimum atomic E-state index is -0.322. The summed E-state index contributed by atoms with van der Waals surface area (Å²) in [4.78, 5) is 28.2. The molecule has 0 aliphatic rings. The van der Waals surface area contributed by atoms with E-state index in [9.17, 15) is 9.59 Å². The van der Waals surface area contributed by atoms with E-state index < -0.39 is 0 Å². The number of aryl methyl sites for hydroxylation is 3. The van der Waals surface area contributed by atoms with E-state index in [2.05, 4.69) is 20.7 Å². The first-order chi connectivity index (χ1) is 13.9. The van der Waals surface area contributed by atoms with Crippen molar-refractivity contribution < 1.29 is 19.1 Å². The molecule has 29 heavy (non-hydrogen) atoms. The second-order valence-corrected chi connectivity index (χ2v) is 6.60. The van der Waals surface area contributed by atoms with Crippen LogP contribution in [0.3, 0.4) is 0 Å². The smallest absolute Gasteiger partial charge is 0.262 e. The SMILES string of the molecule is COCC(=O)Nc1ccc(NC(=O)COc2nn(C)c3nc(C)cc(C)c23)cc1. The van der Waals surface area contributed by atoms with Crippen LogP contribution >= 0.6 is 0 Å². The third kappa shape index (κ3) is 4.88. The molecule has 3 aromatic rings. The standard InChI is InChI=1S/C20H23N5O4/c1-12-9-13(2)21-19-18(12)20(24-25(19)3)29-11-17(27)23-15-7-5-14(6-8-15)22-16(26)10-28-4/h5-9H,10-11H2,1-4H3,(H,22,26)(H,23,27). The number of carbonyl (C=O) groups excluding carboxylic acids is 2. The van der Waals surface area contributed by atoms with Gasteiger partial charge in [0.25, 0.3) is 5.91 Å². The third-order valence-corrected chi connectivity index (χ3v) is 4.15. The van der Waals surface area contributed by atoms with Crippen LogP contribution in [0.2, 0.25) is 0 Å². The molecule has 1 aromatic carbocycles. The van der Waals surface area contributed by atoms with Gasteiger partial charge in [0.15, 0.2) is 12.3 Å². The number of anilines is 2. The fraction of sp³-hybridized carbons (Fsp3) is 0.300. The highest BCUT2D eigenvalue weighted by molar-refractivity contribution is 5.94. The van der Waals surface area contributed by atoms with Gasteiger partial charge in [-0.2, -0.15) is 0 Å². The second kappa shape index (κ2) is 8.70. The topological polar surface area (TPSA) is 107 Å². The van der Waals surface area contributed by atoms with Gasteiger partial charge in [0, 0.05) is 31.2 Å². The zero-order valence-electron chi connectivity index (χ0n) is 16.8. The Bertz CT molecular complexity index is 1040. The molecule has 2 aromatic heterocycles. The lowest BCUT2D eigenvalue weighted by atomic mass is 10.2. The highest BCUT2D eigenvalue weighted by Gasteiger charge is 2.15. The van der Waals surface area contributed by atoms with E-state index in [4.69, 9.17) is 9.47 Å². The van der Waals surface area contributed by atoms with Gasteiger partial charge in [-0.1, -0.05) is 0 Å². The van der Waals surface area contributed by atoms with Gasteiger partial charge in [-0.05, 0) is 49.7 Å². The zero-order chi connectivity index (χ0) is 21.0. The van der Waals surface area contributed by atoms with Crippen molar-refractivity contribution in [2.75, 3.05) is 31.0 Å². The number of pyridine rings is 1. The van der Waals surface area contributed by atoms with Crippen molar-refractivity contribution in [3.63, 3.8) is 0 Å². The van der Waals surface area contributed by atoms with Gasteiger partial charge in [-0.3, -0.25) is 9.59 Å². The Hall–Kier alpha value is -3.46. The maximum atomic E-state index is 12.2. The molecule has 152 valence electrons. The Labute approximate surface area is 168 Å². The Morgan fingerprint density at radius 3 is 2.21 bits per heavy atom. The first kappa shape index (κ1) is 20.3. The normalized spacial score (nSPS) is 10.8. The molecule has 0 fully saturated rings. The quantitative estimate of drug-likeness (QED) is 0.633. The Kier molecular flexibility index (Phi) is 6.08. The number of carbonyl (C=O) groups is 2. The first-order valence-electron chi connectivity index (χ1n) is 9.00. The van der Waals surface area contributed by atoms with Crippen molar-refractivity contribution in [1.82, 2.24) is 14.8 Å². The van der Waals surface area contributed by atoms with Gasteiger partial charge in [0.1, 0.15) is 6.61 Å². The van der Waals surface area contributed by atoms with Crippen LogP contribution in [0.5, 0.6) is 5.88 Å². The summed E-state index contributed by atoms with van der Waals surface area (Å²) in [6.07, 6.45) is 0. The number of amides is 2. The fourth-order valence-corrected chi connectivity index (χ4v) is 2.95. The minimum Gasteiger partial charge on any atom is -0.466 e. The molecular formula is C20H23N5O4. The van der Waals surface area contributed by atoms with Gasteiger partial charge in [-0.15, -0.1) is 5.10 Å². The number of fused-ring (bicyclic) bond motifs is 1. The molecule has 2 N–H and O–H groups in total. The van der Waals surface area contributed by atoms with Gasteiger partial charge in [-0.25, -0.2) is 9.67 Å². The minimum absolute atomic E-state index is 0.0212. The zero-order valence-corrected chi connectivity index (χ0v) is 16.8. The van der Waals surface area contributed by atoms with Crippen LogP contribution in [-0.4, -0.2) is 46.9 Å². The molecule has 0 unspecified atom stereocenters. The second-order valence-electron chi connectivity index (χ2n) is 6.60. The van der Waals surface area contributed by atoms with Crippen molar-refractivity contribution >= 4 is 34.2 Å². The highest BCUT2D eigenvalue weighted by atomic mass is 16.5. The molecule has 9 heteroatoms. The van der Waals surface area contributed by atoms with Gasteiger partial charge >= 0.3 is 0 Å². The van der Waals surface area contributed by atoms with E-state index in [1.54, 1.807) is 36.0 Å². The summed E-state index contributed by atoms with van der Waals surface area (Å²) in [6, 6.07) is 8.70. The Balaban J connectivity index is 1.61. The molecule has 2 heterocycles. The van der Waals surface area contributed by atoms with Crippen molar-refractivity contribution in [2.45, 2.75) is 13.8 Å². The van der Waals surface area contributed by atoms with Crippen LogP contribution in [0.25, 0.3) is 11.0 Å². The van der Waals surface area contributed by atoms with E-state index in [1.165, 1.54) is 7.11 Å². The van der Waals surface area contributed by atoms with Gasteiger partial charge < -0.3 is 20.1 Å². The van der Waals surface area contributed by atoms with Crippen LogP contribution in [0.15, 0.2) is 30.3 Å². The Morgan fingerprint density at radius 1 is 1.03 bits per heavy atom. The number of ether oxygens (including phenoxy) is 2. The Morgan fingerprint density at radius 2 is 1.62 bits per heavy atom. The number of nitrogens with one attached hydrogen (secondary N) is 2. The summed E-state index contributed by atoms with van der Waals surface area (Å²) >= 11 is 0. The summed E-state index contributed by atoms with van der Waals surface area (Å²) in [7, 11) is 3.24. The van der Waals surface area contributed by atoms with Crippen molar-refractivity contribution in [3.8, 4) is 5.88 Å². The highest BCUT2D eigenvalue weighted by Crippen LogP contribution is 2.27. The third-order valence-electron chi connectivity index (χ3n) is 4.15. The molecule has 0 aliphatic carbocycles. The van der Waals surface area contributed by atoms with E-state index in [1.807, 2.05) is 19.9 Å². The van der Waals surface area contributed by atoms with Crippen molar-refractivity contribution in [2.24, 2.45) is 7.05 Å². The molecule has 0 aliphatic heterocycles. The van der Waals surface area contributed by atoms with Gasteiger partial charge in [0.2, 0.25) is 11.8 Å². The largest absolute Gasteiger partial charge is 0.466 e. The van der Waals surface area contributed by atoms with E-state index in [0.717, 1.165) is 16.6 Å². The molecule has 0 bridgehead atoms. The van der Waals surface area contributed by atoms with Crippen molar-refractivity contribution in [1.29, 1.82) is 0 Å². The number of aromatic nitrogens is 3. The average molecular weight is 397 g/mol. The molecule has 3 rings (SSSR count). The van der Waals surface area contributed by atoms with Crippen LogP contribution < -0.4 is 15.4 Å². The number of methoxy groups -OCH3 is 1. The van der Waals surface area contributed by atoms with E-state index in [0.29, 0.717) is 22.9 Å². The lowest BCUT2D eigenvalue weighted by Crippen LogP contribution is -2.20. The average Bonchev–Trinajstić information content (AvgIpc) is 2.98. The molecule has 0 radical (unpaired) electrons. The molecule has 0 saturated heterocycles. The molecule has 0 atom stereocenters. The lowest BCUT2D eigenvalue weighted by molar-refractivity contribution is -0.120. The summed E-state index contributed by atoms with van der Waals surface area (Å²) in [5, 5.41) is 10.5. The maximum absolute atomic E-state index is 12.2. The fourth-order valence-electron chi connectivity index (χ4n) is 2.95. The van der Waals surface area contributed by atoms with Crippen LogP contribution in [-0.2, 0) is 21.4 Å². The first-order valence-corrected chi connectivity index (χ1v) is 9.00. The van der Waals surface area contributed by atoms with E-state index in [-0.39, 0.29) is 25.0 Å². The predicted molar refractivity (Wildman–Crippen MR) is 109 cm³/mol. The predicted octanol–water partition coefficient (Wildman–Crippen LogP) is 2.19. The molecule has 9 nitrogen and oxygen atoms in total. The number of nitrogens with zero attached hydrogens (tertiary/aromatic N) is 3. The number of hydrogen-bond donors (Lipinski definition) is 2. The van der Waals surface area contributed by atoms with E-state index >= 15 is 0 Å². The van der Waals surface area contributed by atoms with Crippen LogP contribution in [0.1, 0.15) is 11.3 Å². The van der Waals surface area contributed by atoms with Crippen LogP contribution in [0.4, 0.5) is 11.4 Å². The van der Waals surface area contributed by atoms with Gasteiger partial charge in [0.05, 0.1) is 5.39 Å².